The van der Waals surface area contributed by atoms with Gasteiger partial charge in [0.15, 0.2) is 0 Å². The van der Waals surface area contributed by atoms with Gasteiger partial charge in [0.1, 0.15) is 11.5 Å². The summed E-state index contributed by atoms with van der Waals surface area (Å²) in [6, 6.07) is 11.6. The highest BCUT2D eigenvalue weighted by atomic mass is 32.2. The van der Waals surface area contributed by atoms with Gasteiger partial charge in [-0.1, -0.05) is 12.1 Å². The van der Waals surface area contributed by atoms with Crippen LogP contribution in [0.3, 0.4) is 0 Å². The third-order valence-corrected chi connectivity index (χ3v) is 4.11. The van der Waals surface area contributed by atoms with Crippen LogP contribution in [0.25, 0.3) is 11.0 Å². The van der Waals surface area contributed by atoms with E-state index in [0.717, 1.165) is 10.4 Å². The SMILES string of the molecule is Nc1cc(F)ccc1SCc1nc2ccccc2[nH]c1=O. The van der Waals surface area contributed by atoms with Crippen molar-refractivity contribution in [3.63, 3.8) is 0 Å². The molecule has 0 bridgehead atoms. The molecule has 6 heteroatoms. The van der Waals surface area contributed by atoms with E-state index in [4.69, 9.17) is 5.73 Å². The molecule has 3 rings (SSSR count). The van der Waals surface area contributed by atoms with Crippen molar-refractivity contribution in [2.24, 2.45) is 0 Å². The molecule has 4 nitrogen and oxygen atoms in total. The molecule has 0 aliphatic heterocycles. The van der Waals surface area contributed by atoms with E-state index in [-0.39, 0.29) is 11.4 Å². The van der Waals surface area contributed by atoms with Gasteiger partial charge in [-0.25, -0.2) is 9.37 Å². The number of nitrogen functional groups attached to an aromatic ring is 1. The minimum absolute atomic E-state index is 0.220. The summed E-state index contributed by atoms with van der Waals surface area (Å²) in [6.07, 6.45) is 0. The molecule has 0 spiro atoms. The number of H-pyrrole nitrogens is 1. The number of nitrogens with zero attached hydrogens (tertiary/aromatic N) is 1. The van der Waals surface area contributed by atoms with Gasteiger partial charge in [-0.3, -0.25) is 4.79 Å². The van der Waals surface area contributed by atoms with Gasteiger partial charge in [0.25, 0.3) is 5.56 Å². The molecule has 0 radical (unpaired) electrons. The Labute approximate surface area is 124 Å². The van der Waals surface area contributed by atoms with Crippen LogP contribution in [0.2, 0.25) is 0 Å². The summed E-state index contributed by atoms with van der Waals surface area (Å²) in [4.78, 5) is 19.9. The summed E-state index contributed by atoms with van der Waals surface area (Å²) in [5.74, 6) is -0.00533. The number of nitrogens with two attached hydrogens (primary N) is 1. The van der Waals surface area contributed by atoms with E-state index in [1.54, 1.807) is 12.1 Å². The molecule has 0 fully saturated rings. The van der Waals surface area contributed by atoms with E-state index in [0.29, 0.717) is 22.7 Å². The molecule has 3 aromatic rings. The number of halogens is 1. The summed E-state index contributed by atoms with van der Waals surface area (Å²) >= 11 is 1.36. The number of benzene rings is 2. The number of fused-ring (bicyclic) bond motifs is 1. The largest absolute Gasteiger partial charge is 0.398 e. The first-order valence-electron chi connectivity index (χ1n) is 6.29. The van der Waals surface area contributed by atoms with E-state index in [9.17, 15) is 9.18 Å². The van der Waals surface area contributed by atoms with E-state index >= 15 is 0 Å². The summed E-state index contributed by atoms with van der Waals surface area (Å²) in [7, 11) is 0. The number of anilines is 1. The molecule has 0 atom stereocenters. The van der Waals surface area contributed by atoms with Crippen molar-refractivity contribution < 1.29 is 4.39 Å². The maximum Gasteiger partial charge on any atom is 0.271 e. The summed E-state index contributed by atoms with van der Waals surface area (Å²) in [6.45, 7) is 0. The first kappa shape index (κ1) is 13.6. The second-order valence-corrected chi connectivity index (χ2v) is 5.52. The lowest BCUT2D eigenvalue weighted by Gasteiger charge is -2.05. The molecule has 0 saturated heterocycles. The standard InChI is InChI=1S/C15H12FN3OS/c16-9-5-6-14(10(17)7-9)21-8-13-15(20)19-12-4-2-1-3-11(12)18-13/h1-7H,8,17H2,(H,19,20). The number of thioether (sulfide) groups is 1. The van der Waals surface area contributed by atoms with Crippen LogP contribution in [0.5, 0.6) is 0 Å². The minimum atomic E-state index is -0.376. The second-order valence-electron chi connectivity index (χ2n) is 4.50. The molecule has 0 unspecified atom stereocenters. The molecule has 0 aliphatic rings. The molecular weight excluding hydrogens is 289 g/mol. The number of aromatic amines is 1. The number of rotatable bonds is 3. The summed E-state index contributed by atoms with van der Waals surface area (Å²) in [5, 5.41) is 0. The topological polar surface area (TPSA) is 71.8 Å². The number of nitrogens with one attached hydrogen (secondary N) is 1. The number of aromatic nitrogens is 2. The Morgan fingerprint density at radius 2 is 2.05 bits per heavy atom. The molecular formula is C15H12FN3OS. The Balaban J connectivity index is 1.88. The van der Waals surface area contributed by atoms with E-state index in [1.165, 1.54) is 23.9 Å². The number of hydrogen-bond acceptors (Lipinski definition) is 4. The molecule has 0 saturated carbocycles. The zero-order valence-corrected chi connectivity index (χ0v) is 11.8. The Morgan fingerprint density at radius 3 is 2.86 bits per heavy atom. The van der Waals surface area contributed by atoms with Crippen LogP contribution < -0.4 is 11.3 Å². The predicted molar refractivity (Wildman–Crippen MR) is 82.7 cm³/mol. The van der Waals surface area contributed by atoms with Gasteiger partial charge in [-0.15, -0.1) is 11.8 Å². The number of hydrogen-bond donors (Lipinski definition) is 2. The van der Waals surface area contributed by atoms with Gasteiger partial charge in [-0.05, 0) is 30.3 Å². The van der Waals surface area contributed by atoms with Gasteiger partial charge in [0, 0.05) is 16.3 Å². The molecule has 106 valence electrons. The normalized spacial score (nSPS) is 10.9. The third kappa shape index (κ3) is 2.90. The smallest absolute Gasteiger partial charge is 0.271 e. The molecule has 0 amide bonds. The van der Waals surface area contributed by atoms with Gasteiger partial charge < -0.3 is 10.7 Å². The van der Waals surface area contributed by atoms with Crippen molar-refractivity contribution >= 4 is 28.5 Å². The Bertz CT molecular complexity index is 863. The Hall–Kier alpha value is -2.34. The maximum absolute atomic E-state index is 13.0. The van der Waals surface area contributed by atoms with Gasteiger partial charge in [0.05, 0.1) is 11.0 Å². The van der Waals surface area contributed by atoms with Crippen LogP contribution in [-0.4, -0.2) is 9.97 Å². The molecule has 1 aromatic heterocycles. The highest BCUT2D eigenvalue weighted by molar-refractivity contribution is 7.98. The lowest BCUT2D eigenvalue weighted by Crippen LogP contribution is -2.14. The molecule has 2 aromatic carbocycles. The zero-order chi connectivity index (χ0) is 14.8. The van der Waals surface area contributed by atoms with Gasteiger partial charge in [-0.2, -0.15) is 0 Å². The monoisotopic (exact) mass is 301 g/mol. The average Bonchev–Trinajstić information content (AvgIpc) is 2.46. The predicted octanol–water partition coefficient (Wildman–Crippen LogP) is 2.94. The fourth-order valence-corrected chi connectivity index (χ4v) is 2.84. The van der Waals surface area contributed by atoms with Crippen LogP contribution in [0.1, 0.15) is 5.69 Å². The quantitative estimate of drug-likeness (QED) is 0.576. The van der Waals surface area contributed by atoms with Crippen molar-refractivity contribution in [2.75, 3.05) is 5.73 Å². The van der Waals surface area contributed by atoms with Crippen LogP contribution in [0.4, 0.5) is 10.1 Å². The second kappa shape index (κ2) is 5.57. The van der Waals surface area contributed by atoms with Crippen molar-refractivity contribution in [3.05, 3.63) is 64.3 Å². The average molecular weight is 301 g/mol. The van der Waals surface area contributed by atoms with Crippen molar-refractivity contribution in [1.29, 1.82) is 0 Å². The Morgan fingerprint density at radius 1 is 1.24 bits per heavy atom. The van der Waals surface area contributed by atoms with Crippen LogP contribution in [0, 0.1) is 5.82 Å². The van der Waals surface area contributed by atoms with E-state index < -0.39 is 0 Å². The lowest BCUT2D eigenvalue weighted by atomic mass is 10.3. The van der Waals surface area contributed by atoms with Crippen LogP contribution >= 0.6 is 11.8 Å². The van der Waals surface area contributed by atoms with Gasteiger partial charge in [0.2, 0.25) is 0 Å². The van der Waals surface area contributed by atoms with Crippen molar-refractivity contribution in [1.82, 2.24) is 9.97 Å². The fraction of sp³-hybridized carbons (Fsp3) is 0.0667. The molecule has 21 heavy (non-hydrogen) atoms. The summed E-state index contributed by atoms with van der Waals surface area (Å²) in [5.41, 5.74) is 7.75. The molecule has 1 heterocycles. The first-order chi connectivity index (χ1) is 10.1. The third-order valence-electron chi connectivity index (χ3n) is 3.01. The van der Waals surface area contributed by atoms with E-state index in [2.05, 4.69) is 9.97 Å². The van der Waals surface area contributed by atoms with E-state index in [1.807, 2.05) is 18.2 Å². The number of para-hydroxylation sites is 2. The Kier molecular flexibility index (Phi) is 3.62. The minimum Gasteiger partial charge on any atom is -0.398 e. The van der Waals surface area contributed by atoms with Crippen LogP contribution in [0.15, 0.2) is 52.2 Å². The highest BCUT2D eigenvalue weighted by Gasteiger charge is 2.07. The fourth-order valence-electron chi connectivity index (χ4n) is 1.96. The maximum atomic E-state index is 13.0. The van der Waals surface area contributed by atoms with Crippen molar-refractivity contribution in [2.45, 2.75) is 10.6 Å². The molecule has 0 aliphatic carbocycles. The summed E-state index contributed by atoms with van der Waals surface area (Å²) < 4.78 is 13.0. The zero-order valence-electron chi connectivity index (χ0n) is 11.0. The first-order valence-corrected chi connectivity index (χ1v) is 7.28. The molecule has 3 N–H and O–H groups in total. The lowest BCUT2D eigenvalue weighted by molar-refractivity contribution is 0.627. The highest BCUT2D eigenvalue weighted by Crippen LogP contribution is 2.27. The van der Waals surface area contributed by atoms with Crippen molar-refractivity contribution in [3.8, 4) is 0 Å². The van der Waals surface area contributed by atoms with Gasteiger partial charge >= 0.3 is 0 Å². The van der Waals surface area contributed by atoms with Crippen LogP contribution in [-0.2, 0) is 5.75 Å².